The van der Waals surface area contributed by atoms with Gasteiger partial charge in [0.05, 0.1) is 13.2 Å². The number of ether oxygens (including phenoxy) is 2. The largest absolute Gasteiger partial charge is 0.399 e. The Balaban J connectivity index is 1.60. The van der Waals surface area contributed by atoms with Gasteiger partial charge >= 0.3 is 0 Å². The van der Waals surface area contributed by atoms with Crippen LogP contribution >= 0.6 is 0 Å². The van der Waals surface area contributed by atoms with Crippen molar-refractivity contribution in [2.24, 2.45) is 0 Å². The molecular weight excluding hydrogens is 274 g/mol. The second-order valence-electron chi connectivity index (χ2n) is 5.85. The van der Waals surface area contributed by atoms with E-state index in [9.17, 15) is 0 Å². The van der Waals surface area contributed by atoms with Crippen LogP contribution in [0.4, 0.5) is 5.69 Å². The molecule has 0 spiro atoms. The lowest BCUT2D eigenvalue weighted by Crippen LogP contribution is -2.25. The molecular formula is C19H23NO2. The highest BCUT2D eigenvalue weighted by Crippen LogP contribution is 2.30. The van der Waals surface area contributed by atoms with Crippen LogP contribution in [0, 0.1) is 0 Å². The van der Waals surface area contributed by atoms with Gasteiger partial charge in [0.25, 0.3) is 0 Å². The minimum Gasteiger partial charge on any atom is -0.399 e. The molecule has 22 heavy (non-hydrogen) atoms. The molecule has 0 atom stereocenters. The summed E-state index contributed by atoms with van der Waals surface area (Å²) < 4.78 is 11.8. The molecule has 1 saturated heterocycles. The van der Waals surface area contributed by atoms with Gasteiger partial charge in [-0.3, -0.25) is 0 Å². The zero-order valence-electron chi connectivity index (χ0n) is 13.0. The van der Waals surface area contributed by atoms with Gasteiger partial charge in [-0.2, -0.15) is 0 Å². The predicted molar refractivity (Wildman–Crippen MR) is 88.7 cm³/mol. The average Bonchev–Trinajstić information content (AvgIpc) is 2.57. The van der Waals surface area contributed by atoms with Crippen molar-refractivity contribution in [3.63, 3.8) is 0 Å². The Bertz CT molecular complexity index is 584. The van der Waals surface area contributed by atoms with Crippen molar-refractivity contribution in [1.29, 1.82) is 0 Å². The van der Waals surface area contributed by atoms with E-state index < -0.39 is 0 Å². The topological polar surface area (TPSA) is 44.5 Å². The van der Waals surface area contributed by atoms with Crippen LogP contribution in [0.1, 0.15) is 42.2 Å². The zero-order valence-corrected chi connectivity index (χ0v) is 13.0. The van der Waals surface area contributed by atoms with E-state index >= 15 is 0 Å². The van der Waals surface area contributed by atoms with Crippen LogP contribution in [0.5, 0.6) is 0 Å². The maximum absolute atomic E-state index is 5.89. The molecule has 2 N–H and O–H groups in total. The van der Waals surface area contributed by atoms with Crippen LogP contribution in [0.25, 0.3) is 0 Å². The second-order valence-corrected chi connectivity index (χ2v) is 5.85. The van der Waals surface area contributed by atoms with E-state index in [1.165, 1.54) is 17.5 Å². The monoisotopic (exact) mass is 297 g/mol. The lowest BCUT2D eigenvalue weighted by Gasteiger charge is -2.30. The van der Waals surface area contributed by atoms with Gasteiger partial charge < -0.3 is 15.2 Å². The maximum Gasteiger partial charge on any atom is 0.183 e. The van der Waals surface area contributed by atoms with Crippen molar-refractivity contribution in [2.45, 2.75) is 32.0 Å². The average molecular weight is 297 g/mol. The van der Waals surface area contributed by atoms with Crippen molar-refractivity contribution in [3.8, 4) is 0 Å². The van der Waals surface area contributed by atoms with E-state index in [4.69, 9.17) is 15.2 Å². The predicted octanol–water partition coefficient (Wildman–Crippen LogP) is 4.05. The highest BCUT2D eigenvalue weighted by Gasteiger charge is 2.24. The molecule has 1 aliphatic rings. The number of nitrogen functional groups attached to an aromatic ring is 1. The highest BCUT2D eigenvalue weighted by atomic mass is 16.7. The van der Waals surface area contributed by atoms with Crippen LogP contribution in [-0.2, 0) is 15.9 Å². The molecule has 0 saturated carbocycles. The summed E-state index contributed by atoms with van der Waals surface area (Å²) in [5.41, 5.74) is 10.2. The Morgan fingerprint density at radius 2 is 1.50 bits per heavy atom. The fraction of sp³-hybridized carbons (Fsp3) is 0.368. The number of hydrogen-bond acceptors (Lipinski definition) is 3. The molecule has 0 aromatic heterocycles. The summed E-state index contributed by atoms with van der Waals surface area (Å²) in [6.45, 7) is 3.57. The minimum atomic E-state index is -0.281. The first-order valence-electron chi connectivity index (χ1n) is 7.93. The summed E-state index contributed by atoms with van der Waals surface area (Å²) in [4.78, 5) is 0. The Kier molecular flexibility index (Phi) is 4.76. The fourth-order valence-corrected chi connectivity index (χ4v) is 2.79. The second kappa shape index (κ2) is 6.95. The third-order valence-electron chi connectivity index (χ3n) is 4.10. The van der Waals surface area contributed by atoms with E-state index in [1.807, 2.05) is 24.3 Å². The summed E-state index contributed by atoms with van der Waals surface area (Å²) in [7, 11) is 0. The van der Waals surface area contributed by atoms with Crippen molar-refractivity contribution in [1.82, 2.24) is 0 Å². The van der Waals surface area contributed by atoms with E-state index in [2.05, 4.69) is 31.2 Å². The molecule has 116 valence electrons. The lowest BCUT2D eigenvalue weighted by molar-refractivity contribution is -0.191. The Labute approximate surface area is 132 Å². The van der Waals surface area contributed by atoms with Crippen molar-refractivity contribution in [2.75, 3.05) is 18.9 Å². The molecule has 0 amide bonds. The SMILES string of the molecule is CCCc1ccc(C2COC(c3ccc(N)cc3)OC2)cc1. The van der Waals surface area contributed by atoms with Gasteiger partial charge in [-0.15, -0.1) is 0 Å². The quantitative estimate of drug-likeness (QED) is 0.866. The molecule has 3 rings (SSSR count). The van der Waals surface area contributed by atoms with Gasteiger partial charge in [0, 0.05) is 17.2 Å². The van der Waals surface area contributed by atoms with Crippen LogP contribution in [-0.4, -0.2) is 13.2 Å². The molecule has 2 aromatic rings. The Morgan fingerprint density at radius 3 is 2.09 bits per heavy atom. The van der Waals surface area contributed by atoms with Crippen LogP contribution in [0.15, 0.2) is 48.5 Å². The fourth-order valence-electron chi connectivity index (χ4n) is 2.79. The Morgan fingerprint density at radius 1 is 0.909 bits per heavy atom. The number of rotatable bonds is 4. The third kappa shape index (κ3) is 3.49. The van der Waals surface area contributed by atoms with Crippen molar-refractivity contribution in [3.05, 3.63) is 65.2 Å². The molecule has 0 radical (unpaired) electrons. The standard InChI is InChI=1S/C19H23NO2/c1-2-3-14-4-6-15(7-5-14)17-12-21-19(22-13-17)16-8-10-18(20)11-9-16/h4-11,17,19H,2-3,12-13,20H2,1H3. The molecule has 0 bridgehead atoms. The maximum atomic E-state index is 5.89. The lowest BCUT2D eigenvalue weighted by atomic mass is 9.98. The first-order chi connectivity index (χ1) is 10.8. The molecule has 2 aromatic carbocycles. The molecule has 0 aliphatic carbocycles. The summed E-state index contributed by atoms with van der Waals surface area (Å²) in [6.07, 6.45) is 2.03. The number of benzene rings is 2. The third-order valence-corrected chi connectivity index (χ3v) is 4.10. The van der Waals surface area contributed by atoms with Crippen LogP contribution < -0.4 is 5.73 Å². The molecule has 0 unspecified atom stereocenters. The molecule has 3 nitrogen and oxygen atoms in total. The number of anilines is 1. The van der Waals surface area contributed by atoms with Gasteiger partial charge in [0.1, 0.15) is 0 Å². The van der Waals surface area contributed by atoms with Gasteiger partial charge in [-0.05, 0) is 29.7 Å². The number of hydrogen-bond donors (Lipinski definition) is 1. The van der Waals surface area contributed by atoms with Gasteiger partial charge in [0.15, 0.2) is 6.29 Å². The summed E-state index contributed by atoms with van der Waals surface area (Å²) in [5.74, 6) is 0.306. The van der Waals surface area contributed by atoms with E-state index in [0.29, 0.717) is 19.1 Å². The molecule has 1 fully saturated rings. The Hall–Kier alpha value is -1.84. The first-order valence-corrected chi connectivity index (χ1v) is 7.93. The molecule has 3 heteroatoms. The molecule has 1 heterocycles. The zero-order chi connectivity index (χ0) is 15.4. The van der Waals surface area contributed by atoms with Crippen LogP contribution in [0.3, 0.4) is 0 Å². The normalized spacial score (nSPS) is 21.7. The van der Waals surface area contributed by atoms with E-state index in [-0.39, 0.29) is 6.29 Å². The van der Waals surface area contributed by atoms with Gasteiger partial charge in [0.2, 0.25) is 0 Å². The summed E-state index contributed by atoms with van der Waals surface area (Å²) in [5, 5.41) is 0. The summed E-state index contributed by atoms with van der Waals surface area (Å²) in [6, 6.07) is 16.5. The van der Waals surface area contributed by atoms with E-state index in [1.54, 1.807) is 0 Å². The van der Waals surface area contributed by atoms with Gasteiger partial charge in [-0.25, -0.2) is 0 Å². The smallest absolute Gasteiger partial charge is 0.183 e. The molecule has 1 aliphatic heterocycles. The van der Waals surface area contributed by atoms with Crippen molar-refractivity contribution >= 4 is 5.69 Å². The van der Waals surface area contributed by atoms with E-state index in [0.717, 1.165) is 17.7 Å². The van der Waals surface area contributed by atoms with Crippen molar-refractivity contribution < 1.29 is 9.47 Å². The number of nitrogens with two attached hydrogens (primary N) is 1. The first kappa shape index (κ1) is 15.1. The number of aryl methyl sites for hydroxylation is 1. The van der Waals surface area contributed by atoms with Crippen LogP contribution in [0.2, 0.25) is 0 Å². The summed E-state index contributed by atoms with van der Waals surface area (Å²) >= 11 is 0. The van der Waals surface area contributed by atoms with Gasteiger partial charge in [-0.1, -0.05) is 49.7 Å². The highest BCUT2D eigenvalue weighted by molar-refractivity contribution is 5.39. The minimum absolute atomic E-state index is 0.281.